The monoisotopic (exact) mass is 442 g/mol. The number of anilines is 1. The van der Waals surface area contributed by atoms with Gasteiger partial charge in [-0.2, -0.15) is 0 Å². The lowest BCUT2D eigenvalue weighted by Crippen LogP contribution is -2.43. The third-order valence-corrected chi connectivity index (χ3v) is 5.50. The molecule has 0 unspecified atom stereocenters. The largest absolute Gasteiger partial charge is 0.383 e. The number of aromatic amines is 1. The molecule has 4 rings (SSSR count). The van der Waals surface area contributed by atoms with Crippen LogP contribution in [-0.4, -0.2) is 60.7 Å². The van der Waals surface area contributed by atoms with Gasteiger partial charge in [-0.1, -0.05) is 0 Å². The second-order valence-corrected chi connectivity index (χ2v) is 7.62. The summed E-state index contributed by atoms with van der Waals surface area (Å²) in [5.41, 5.74) is 3.38. The number of hydrogen-bond donors (Lipinski definition) is 3. The maximum atomic E-state index is 13.7. The number of aryl methyl sites for hydroxylation is 1. The van der Waals surface area contributed by atoms with E-state index in [2.05, 4.69) is 15.6 Å². The molecule has 168 valence electrons. The Balaban J connectivity index is 1.56. The Morgan fingerprint density at radius 1 is 1.38 bits per heavy atom. The van der Waals surface area contributed by atoms with Crippen LogP contribution in [0.2, 0.25) is 0 Å². The number of halogens is 1. The first-order chi connectivity index (χ1) is 15.3. The highest BCUT2D eigenvalue weighted by molar-refractivity contribution is 6.34. The van der Waals surface area contributed by atoms with Crippen molar-refractivity contribution in [2.24, 2.45) is 0 Å². The molecular formula is C22H23FN4O5. The molecule has 3 heterocycles. The molecule has 2 aliphatic rings. The number of rotatable bonds is 6. The van der Waals surface area contributed by atoms with Gasteiger partial charge in [-0.15, -0.1) is 0 Å². The van der Waals surface area contributed by atoms with E-state index in [0.717, 1.165) is 0 Å². The fraction of sp³-hybridized carbons (Fsp3) is 0.318. The first kappa shape index (κ1) is 21.7. The molecule has 1 aromatic heterocycles. The number of nitrogens with zero attached hydrogens (tertiary/aromatic N) is 1. The lowest BCUT2D eigenvalue weighted by molar-refractivity contribution is -0.164. The number of benzene rings is 1. The molecule has 1 fully saturated rings. The molecule has 3 N–H and O–H groups in total. The minimum Gasteiger partial charge on any atom is -0.383 e. The van der Waals surface area contributed by atoms with E-state index in [4.69, 9.17) is 9.57 Å². The molecule has 10 heteroatoms. The fourth-order valence-corrected chi connectivity index (χ4v) is 3.86. The standard InChI is InChI=1S/C22H23FN4O5/c1-11-17(9-15-14-8-13(23)4-5-16(14)25-20(15)28)24-12(2)19(11)21(29)26-18-10-32-27(22(18)30)6-7-31-3/h4-5,8-9,18,24H,6-7,10H2,1-3H3,(H,25,28)(H,26,29)/t18-/m1/s1. The van der Waals surface area contributed by atoms with E-state index >= 15 is 0 Å². The summed E-state index contributed by atoms with van der Waals surface area (Å²) < 4.78 is 18.6. The number of hydrogen-bond acceptors (Lipinski definition) is 5. The topological polar surface area (TPSA) is 113 Å². The highest BCUT2D eigenvalue weighted by Gasteiger charge is 2.35. The molecule has 32 heavy (non-hydrogen) atoms. The van der Waals surface area contributed by atoms with E-state index < -0.39 is 17.8 Å². The molecule has 0 spiro atoms. The zero-order valence-corrected chi connectivity index (χ0v) is 17.9. The number of fused-ring (bicyclic) bond motifs is 1. The normalized spacial score (nSPS) is 18.9. The maximum Gasteiger partial charge on any atom is 0.271 e. The zero-order chi connectivity index (χ0) is 23.0. The molecule has 1 atom stereocenters. The third-order valence-electron chi connectivity index (χ3n) is 5.50. The molecule has 0 bridgehead atoms. The van der Waals surface area contributed by atoms with Gasteiger partial charge >= 0.3 is 0 Å². The molecule has 1 aromatic carbocycles. The van der Waals surface area contributed by atoms with Crippen molar-refractivity contribution in [2.75, 3.05) is 32.2 Å². The van der Waals surface area contributed by atoms with Gasteiger partial charge in [0.05, 0.1) is 24.3 Å². The van der Waals surface area contributed by atoms with Gasteiger partial charge in [0, 0.05) is 29.7 Å². The summed E-state index contributed by atoms with van der Waals surface area (Å²) in [7, 11) is 1.52. The Labute approximate surface area is 183 Å². The second-order valence-electron chi connectivity index (χ2n) is 7.62. The first-order valence-corrected chi connectivity index (χ1v) is 10.1. The third kappa shape index (κ3) is 3.90. The summed E-state index contributed by atoms with van der Waals surface area (Å²) in [5.74, 6) is -1.58. The number of carbonyl (C=O) groups is 3. The molecule has 2 aromatic rings. The Morgan fingerprint density at radius 3 is 2.91 bits per heavy atom. The highest BCUT2D eigenvalue weighted by atomic mass is 19.1. The minimum atomic E-state index is -0.801. The molecule has 1 saturated heterocycles. The van der Waals surface area contributed by atoms with Crippen molar-refractivity contribution in [3.05, 3.63) is 52.1 Å². The number of H-pyrrole nitrogens is 1. The number of carbonyl (C=O) groups excluding carboxylic acids is 3. The number of methoxy groups -OCH3 is 1. The van der Waals surface area contributed by atoms with E-state index in [1.165, 1.54) is 30.4 Å². The number of nitrogens with one attached hydrogen (secondary N) is 3. The van der Waals surface area contributed by atoms with Crippen molar-refractivity contribution in [1.29, 1.82) is 0 Å². The zero-order valence-electron chi connectivity index (χ0n) is 17.9. The van der Waals surface area contributed by atoms with Crippen LogP contribution in [-0.2, 0) is 19.2 Å². The van der Waals surface area contributed by atoms with Crippen molar-refractivity contribution < 1.29 is 28.3 Å². The highest BCUT2D eigenvalue weighted by Crippen LogP contribution is 2.34. The van der Waals surface area contributed by atoms with Crippen molar-refractivity contribution in [3.8, 4) is 0 Å². The average molecular weight is 442 g/mol. The van der Waals surface area contributed by atoms with Crippen molar-refractivity contribution in [3.63, 3.8) is 0 Å². The van der Waals surface area contributed by atoms with Gasteiger partial charge in [-0.25, -0.2) is 9.45 Å². The van der Waals surface area contributed by atoms with E-state index in [9.17, 15) is 18.8 Å². The molecule has 3 amide bonds. The van der Waals surface area contributed by atoms with Crippen LogP contribution in [0.25, 0.3) is 11.6 Å². The van der Waals surface area contributed by atoms with Crippen molar-refractivity contribution >= 4 is 35.1 Å². The molecule has 0 saturated carbocycles. The molecule has 2 aliphatic heterocycles. The Bertz CT molecular complexity index is 1140. The molecule has 0 radical (unpaired) electrons. The number of ether oxygens (including phenoxy) is 1. The molecular weight excluding hydrogens is 419 g/mol. The summed E-state index contributed by atoms with van der Waals surface area (Å²) in [4.78, 5) is 46.2. The van der Waals surface area contributed by atoms with Crippen LogP contribution in [0, 0.1) is 19.7 Å². The van der Waals surface area contributed by atoms with Crippen LogP contribution in [0.4, 0.5) is 10.1 Å². The average Bonchev–Trinajstić information content (AvgIpc) is 3.35. The Kier molecular flexibility index (Phi) is 5.81. The van der Waals surface area contributed by atoms with Crippen LogP contribution in [0.15, 0.2) is 18.2 Å². The van der Waals surface area contributed by atoms with E-state index in [1.807, 2.05) is 0 Å². The Hall–Kier alpha value is -3.50. The van der Waals surface area contributed by atoms with Crippen LogP contribution < -0.4 is 10.6 Å². The van der Waals surface area contributed by atoms with Crippen LogP contribution in [0.3, 0.4) is 0 Å². The van der Waals surface area contributed by atoms with Gasteiger partial charge in [-0.05, 0) is 43.7 Å². The van der Waals surface area contributed by atoms with Gasteiger partial charge in [0.2, 0.25) is 0 Å². The number of amides is 3. The molecule has 9 nitrogen and oxygen atoms in total. The van der Waals surface area contributed by atoms with Crippen LogP contribution in [0.5, 0.6) is 0 Å². The lowest BCUT2D eigenvalue weighted by Gasteiger charge is -2.14. The maximum absolute atomic E-state index is 13.7. The summed E-state index contributed by atoms with van der Waals surface area (Å²) in [5, 5.41) is 6.58. The first-order valence-electron chi connectivity index (χ1n) is 10.1. The quantitative estimate of drug-likeness (QED) is 0.591. The lowest BCUT2D eigenvalue weighted by atomic mass is 10.0. The second kappa shape index (κ2) is 8.56. The summed E-state index contributed by atoms with van der Waals surface area (Å²) >= 11 is 0. The van der Waals surface area contributed by atoms with E-state index in [1.54, 1.807) is 19.9 Å². The van der Waals surface area contributed by atoms with E-state index in [-0.39, 0.29) is 25.0 Å². The van der Waals surface area contributed by atoms with Gasteiger partial charge in [0.15, 0.2) is 0 Å². The van der Waals surface area contributed by atoms with Crippen LogP contribution >= 0.6 is 0 Å². The van der Waals surface area contributed by atoms with Crippen LogP contribution in [0.1, 0.15) is 32.9 Å². The SMILES string of the molecule is COCCN1OC[C@@H](NC(=O)c2c(C)[nH]c(C=C3C(=O)Nc4ccc(F)cc43)c2C)C1=O. The minimum absolute atomic E-state index is 0.0379. The fourth-order valence-electron chi connectivity index (χ4n) is 3.86. The summed E-state index contributed by atoms with van der Waals surface area (Å²) in [6.07, 6.45) is 1.59. The van der Waals surface area contributed by atoms with Gasteiger partial charge in [0.25, 0.3) is 17.7 Å². The van der Waals surface area contributed by atoms with E-state index in [0.29, 0.717) is 45.9 Å². The van der Waals surface area contributed by atoms with Gasteiger partial charge < -0.3 is 20.4 Å². The van der Waals surface area contributed by atoms with Gasteiger partial charge in [0.1, 0.15) is 18.5 Å². The van der Waals surface area contributed by atoms with Crippen molar-refractivity contribution in [1.82, 2.24) is 15.4 Å². The number of hydroxylamine groups is 2. The van der Waals surface area contributed by atoms with Gasteiger partial charge in [-0.3, -0.25) is 19.2 Å². The predicted octanol–water partition coefficient (Wildman–Crippen LogP) is 1.78. The molecule has 0 aliphatic carbocycles. The summed E-state index contributed by atoms with van der Waals surface area (Å²) in [6, 6.07) is 3.27. The summed E-state index contributed by atoms with van der Waals surface area (Å²) in [6.45, 7) is 4.09. The predicted molar refractivity (Wildman–Crippen MR) is 114 cm³/mol. The van der Waals surface area contributed by atoms with Crippen molar-refractivity contribution in [2.45, 2.75) is 19.9 Å². The Morgan fingerprint density at radius 2 is 2.16 bits per heavy atom. The number of aromatic nitrogens is 1. The smallest absolute Gasteiger partial charge is 0.271 e.